The molecule has 1 aromatic rings. The zero-order valence-electron chi connectivity index (χ0n) is 16.3. The number of carboxylic acid groups (broad SMARTS) is 2. The van der Waals surface area contributed by atoms with Crippen molar-refractivity contribution in [1.82, 2.24) is 10.7 Å². The lowest BCUT2D eigenvalue weighted by atomic mass is 10.2. The van der Waals surface area contributed by atoms with Gasteiger partial charge >= 0.3 is 17.6 Å². The van der Waals surface area contributed by atoms with Gasteiger partial charge in [0.2, 0.25) is 5.91 Å². The van der Waals surface area contributed by atoms with E-state index in [2.05, 4.69) is 10.7 Å². The smallest absolute Gasteiger partial charge is 0.328 e. The number of amides is 2. The molecular formula is C16H18ClN5O10. The predicted octanol–water partition coefficient (Wildman–Crippen LogP) is 0.792. The Bertz CT molecular complexity index is 920. The van der Waals surface area contributed by atoms with Crippen molar-refractivity contribution in [2.45, 2.75) is 19.4 Å². The molecule has 0 bridgehead atoms. The van der Waals surface area contributed by atoms with Crippen molar-refractivity contribution < 1.29 is 39.2 Å². The minimum atomic E-state index is -1.34. The van der Waals surface area contributed by atoms with Crippen LogP contribution in [0, 0.1) is 20.2 Å². The van der Waals surface area contributed by atoms with Crippen LogP contribution in [0.5, 0.6) is 0 Å². The molecular weight excluding hydrogens is 458 g/mol. The van der Waals surface area contributed by atoms with Crippen LogP contribution in [0.3, 0.4) is 0 Å². The Hall–Kier alpha value is -4.27. The van der Waals surface area contributed by atoms with Gasteiger partial charge in [-0.2, -0.15) is 0 Å². The highest BCUT2D eigenvalue weighted by molar-refractivity contribution is 6.27. The van der Waals surface area contributed by atoms with E-state index in [4.69, 9.17) is 21.8 Å². The lowest BCUT2D eigenvalue weighted by Crippen LogP contribution is -2.40. The average Bonchev–Trinajstić information content (AvgIpc) is 2.74. The summed E-state index contributed by atoms with van der Waals surface area (Å²) in [4.78, 5) is 61.9. The Morgan fingerprint density at radius 3 is 2.19 bits per heavy atom. The highest BCUT2D eigenvalue weighted by Gasteiger charge is 2.19. The molecule has 0 radical (unpaired) electrons. The van der Waals surface area contributed by atoms with E-state index in [1.54, 1.807) is 6.92 Å². The number of nitrogens with one attached hydrogen (secondary N) is 3. The lowest BCUT2D eigenvalue weighted by Gasteiger charge is -2.09. The summed E-state index contributed by atoms with van der Waals surface area (Å²) in [5, 5.41) is 40.3. The number of hydrazine groups is 1. The van der Waals surface area contributed by atoms with Crippen LogP contribution in [0.15, 0.2) is 30.4 Å². The summed E-state index contributed by atoms with van der Waals surface area (Å²) in [5.41, 5.74) is 2.87. The number of carbonyl (C=O) groups is 4. The van der Waals surface area contributed by atoms with E-state index in [9.17, 15) is 39.4 Å². The van der Waals surface area contributed by atoms with E-state index in [0.29, 0.717) is 18.6 Å². The zero-order valence-corrected chi connectivity index (χ0v) is 17.1. The Kier molecular flexibility index (Phi) is 12.0. The normalized spacial score (nSPS) is 10.8. The first kappa shape index (κ1) is 27.7. The van der Waals surface area contributed by atoms with Gasteiger partial charge in [0.05, 0.1) is 15.9 Å². The third kappa shape index (κ3) is 10.5. The lowest BCUT2D eigenvalue weighted by molar-refractivity contribution is -0.393. The van der Waals surface area contributed by atoms with E-state index >= 15 is 0 Å². The number of alkyl halides is 1. The van der Waals surface area contributed by atoms with Gasteiger partial charge < -0.3 is 15.5 Å². The molecule has 1 aromatic carbocycles. The fourth-order valence-corrected chi connectivity index (χ4v) is 1.86. The molecule has 2 amide bonds. The van der Waals surface area contributed by atoms with Crippen LogP contribution in [0.4, 0.5) is 17.1 Å². The largest absolute Gasteiger partial charge is 0.480 e. The summed E-state index contributed by atoms with van der Waals surface area (Å²) in [5.74, 6) is -3.91. The van der Waals surface area contributed by atoms with Crippen LogP contribution in [-0.2, 0) is 19.2 Å². The molecule has 1 rings (SSSR count). The molecule has 5 N–H and O–H groups in total. The van der Waals surface area contributed by atoms with E-state index in [0.717, 1.165) is 18.2 Å². The molecule has 32 heavy (non-hydrogen) atoms. The first-order valence-electron chi connectivity index (χ1n) is 8.40. The third-order valence-electron chi connectivity index (χ3n) is 3.25. The average molecular weight is 476 g/mol. The van der Waals surface area contributed by atoms with Crippen molar-refractivity contribution in [3.8, 4) is 0 Å². The number of aliphatic carboxylic acids is 2. The minimum absolute atomic E-state index is 0.192. The maximum atomic E-state index is 11.2. The molecule has 0 heterocycles. The maximum absolute atomic E-state index is 11.2. The second-order valence-corrected chi connectivity index (χ2v) is 5.77. The molecule has 174 valence electrons. The van der Waals surface area contributed by atoms with Crippen molar-refractivity contribution in [3.05, 3.63) is 50.6 Å². The number of nitro groups is 2. The third-order valence-corrected chi connectivity index (χ3v) is 3.49. The van der Waals surface area contributed by atoms with Gasteiger partial charge in [-0.1, -0.05) is 6.92 Å². The number of non-ortho nitro benzene ring substituents is 1. The molecule has 0 aliphatic heterocycles. The fourth-order valence-electron chi connectivity index (χ4n) is 1.78. The first-order valence-corrected chi connectivity index (χ1v) is 8.94. The van der Waals surface area contributed by atoms with Gasteiger partial charge in [0, 0.05) is 18.2 Å². The number of nitrogens with zero attached hydrogens (tertiary/aromatic N) is 2. The molecule has 0 aliphatic rings. The molecule has 16 heteroatoms. The summed E-state index contributed by atoms with van der Waals surface area (Å²) in [6.45, 7) is 1.67. The Morgan fingerprint density at radius 1 is 1.12 bits per heavy atom. The van der Waals surface area contributed by atoms with Crippen molar-refractivity contribution >= 4 is 52.4 Å². The van der Waals surface area contributed by atoms with Gasteiger partial charge in [-0.15, -0.1) is 11.6 Å². The highest BCUT2D eigenvalue weighted by Crippen LogP contribution is 2.28. The van der Waals surface area contributed by atoms with E-state index < -0.39 is 51.0 Å². The second kappa shape index (κ2) is 13.9. The van der Waals surface area contributed by atoms with Gasteiger partial charge in [0.15, 0.2) is 0 Å². The number of anilines is 1. The SMILES string of the molecule is CCC(NC(=O)CCl)C(=O)O.O=C(O)C=CC(=O)NNc1ccc([N+](=O)[O-])cc1[N+](=O)[O-]. The van der Waals surface area contributed by atoms with Crippen molar-refractivity contribution in [1.29, 1.82) is 0 Å². The standard InChI is InChI=1S/C10H8N4O7.C6H10ClNO3/c15-9(3-4-10(16)17)12-11-7-2-1-6(13(18)19)5-8(7)14(20)21;1-2-4(6(10)11)8-5(9)3-7/h1-5,11H,(H,12,15)(H,16,17);4H,2-3H2,1H3,(H,8,9)(H,10,11). The molecule has 0 saturated carbocycles. The van der Waals surface area contributed by atoms with Crippen molar-refractivity contribution in [3.63, 3.8) is 0 Å². The van der Waals surface area contributed by atoms with Gasteiger partial charge in [-0.25, -0.2) is 9.59 Å². The van der Waals surface area contributed by atoms with E-state index in [-0.39, 0.29) is 11.6 Å². The van der Waals surface area contributed by atoms with Crippen molar-refractivity contribution in [2.75, 3.05) is 11.3 Å². The molecule has 0 saturated heterocycles. The summed E-state index contributed by atoms with van der Waals surface area (Å²) in [7, 11) is 0. The number of halogens is 1. The summed E-state index contributed by atoms with van der Waals surface area (Å²) >= 11 is 5.15. The maximum Gasteiger partial charge on any atom is 0.328 e. The van der Waals surface area contributed by atoms with Crippen LogP contribution >= 0.6 is 11.6 Å². The number of hydrogen-bond acceptors (Lipinski definition) is 9. The molecule has 15 nitrogen and oxygen atoms in total. The molecule has 0 aliphatic carbocycles. The second-order valence-electron chi connectivity index (χ2n) is 5.50. The number of benzene rings is 1. The Labute approximate surface area is 184 Å². The number of hydrogen-bond donors (Lipinski definition) is 5. The van der Waals surface area contributed by atoms with Crippen LogP contribution in [0.25, 0.3) is 0 Å². The zero-order chi connectivity index (χ0) is 24.8. The number of nitro benzene ring substituents is 2. The number of rotatable bonds is 10. The van der Waals surface area contributed by atoms with E-state index in [1.807, 2.05) is 5.43 Å². The van der Waals surface area contributed by atoms with Gasteiger partial charge in [0.1, 0.15) is 17.6 Å². The summed E-state index contributed by atoms with van der Waals surface area (Å²) in [6.07, 6.45) is 1.62. The van der Waals surface area contributed by atoms with E-state index in [1.165, 1.54) is 0 Å². The van der Waals surface area contributed by atoms with Gasteiger partial charge in [-0.05, 0) is 12.5 Å². The number of carboxylic acids is 2. The van der Waals surface area contributed by atoms with Crippen LogP contribution in [0.2, 0.25) is 0 Å². The predicted molar refractivity (Wildman–Crippen MR) is 109 cm³/mol. The topological polar surface area (TPSA) is 231 Å². The fraction of sp³-hybridized carbons (Fsp3) is 0.250. The van der Waals surface area contributed by atoms with Crippen LogP contribution in [0.1, 0.15) is 13.3 Å². The van der Waals surface area contributed by atoms with Crippen LogP contribution < -0.4 is 16.2 Å². The quantitative estimate of drug-likeness (QED) is 0.137. The van der Waals surface area contributed by atoms with Crippen LogP contribution in [-0.4, -0.2) is 55.7 Å². The van der Waals surface area contributed by atoms with Gasteiger partial charge in [-0.3, -0.25) is 40.7 Å². The van der Waals surface area contributed by atoms with Crippen molar-refractivity contribution in [2.24, 2.45) is 0 Å². The Balaban J connectivity index is 0.000000739. The van der Waals surface area contributed by atoms with Gasteiger partial charge in [0.25, 0.3) is 11.6 Å². The summed E-state index contributed by atoms with van der Waals surface area (Å²) < 4.78 is 0. The molecule has 1 unspecified atom stereocenters. The molecule has 0 spiro atoms. The molecule has 0 aromatic heterocycles. The first-order chi connectivity index (χ1) is 14.9. The molecule has 0 fully saturated rings. The summed E-state index contributed by atoms with van der Waals surface area (Å²) in [6, 6.07) is 1.95. The minimum Gasteiger partial charge on any atom is -0.480 e. The Morgan fingerprint density at radius 2 is 1.75 bits per heavy atom. The highest BCUT2D eigenvalue weighted by atomic mass is 35.5. The monoisotopic (exact) mass is 475 g/mol. The number of carbonyl (C=O) groups excluding carboxylic acids is 2. The molecule has 1 atom stereocenters.